The van der Waals surface area contributed by atoms with Gasteiger partial charge in [0.05, 0.1) is 18.3 Å². The number of hydrogen-bond acceptors (Lipinski definition) is 11. The Morgan fingerprint density at radius 1 is 0.938 bits per heavy atom. The van der Waals surface area contributed by atoms with Crippen LogP contribution < -0.4 is 5.32 Å². The predicted octanol–water partition coefficient (Wildman–Crippen LogP) is 8.03. The maximum atomic E-state index is 16.3. The highest BCUT2D eigenvalue weighted by atomic mass is 19.1. The van der Waals surface area contributed by atoms with E-state index >= 15 is 4.39 Å². The number of allylic oxidation sites excluding steroid dienone is 3. The number of ether oxygens (including phenoxy) is 5. The number of piperidine rings is 1. The summed E-state index contributed by atoms with van der Waals surface area (Å²) < 4.78 is 47.1. The van der Waals surface area contributed by atoms with Gasteiger partial charge in [-0.1, -0.05) is 77.1 Å². The molecule has 3 fully saturated rings. The molecule has 65 heavy (non-hydrogen) atoms. The van der Waals surface area contributed by atoms with Gasteiger partial charge in [0, 0.05) is 58.2 Å². The monoisotopic (exact) mass is 911 g/mol. The molecule has 4 aliphatic rings. The highest BCUT2D eigenvalue weighted by Gasteiger charge is 2.56. The van der Waals surface area contributed by atoms with Crippen LogP contribution in [0.1, 0.15) is 131 Å². The molecular formula is C52H79FN2O10. The van der Waals surface area contributed by atoms with Gasteiger partial charge in [-0.2, -0.15) is 0 Å². The lowest BCUT2D eigenvalue weighted by molar-refractivity contribution is -0.302. The van der Waals surface area contributed by atoms with Gasteiger partial charge in [0.15, 0.2) is 0 Å². The van der Waals surface area contributed by atoms with E-state index in [1.165, 1.54) is 24.7 Å². The zero-order valence-electron chi connectivity index (χ0n) is 40.6. The summed E-state index contributed by atoms with van der Waals surface area (Å²) in [7, 11) is 2.94. The molecule has 1 aliphatic carbocycles. The topological polar surface area (TPSA) is 150 Å². The molecule has 0 spiro atoms. The van der Waals surface area contributed by atoms with E-state index in [0.717, 1.165) is 37.8 Å². The quantitative estimate of drug-likeness (QED) is 0.126. The highest BCUT2D eigenvalue weighted by Crippen LogP contribution is 2.40. The fraction of sp³-hybridized carbons (Fsp3) is 0.731. The second kappa shape index (κ2) is 24.6. The molecule has 14 atom stereocenters. The highest BCUT2D eigenvalue weighted by molar-refractivity contribution is 6.39. The Hall–Kier alpha value is -3.33. The van der Waals surface area contributed by atoms with Gasteiger partial charge < -0.3 is 39.0 Å². The van der Waals surface area contributed by atoms with E-state index in [0.29, 0.717) is 37.9 Å². The zero-order valence-corrected chi connectivity index (χ0v) is 40.6. The third-order valence-corrected chi connectivity index (χ3v) is 14.7. The molecule has 0 aromatic heterocycles. The molecule has 0 radical (unpaired) electrons. The van der Waals surface area contributed by atoms with Crippen molar-refractivity contribution < 1.29 is 52.4 Å². The Balaban J connectivity index is 1.47. The molecule has 5 rings (SSSR count). The minimum absolute atomic E-state index is 0.0160. The first-order chi connectivity index (χ1) is 31.1. The van der Waals surface area contributed by atoms with Crippen molar-refractivity contribution >= 4 is 23.4 Å². The summed E-state index contributed by atoms with van der Waals surface area (Å²) >= 11 is 0. The van der Waals surface area contributed by atoms with E-state index in [9.17, 15) is 24.3 Å². The molecule has 2 saturated heterocycles. The van der Waals surface area contributed by atoms with Crippen LogP contribution in [0.2, 0.25) is 0 Å². The fourth-order valence-corrected chi connectivity index (χ4v) is 10.6. The van der Waals surface area contributed by atoms with Crippen LogP contribution in [0.3, 0.4) is 0 Å². The van der Waals surface area contributed by atoms with Crippen LogP contribution in [0.4, 0.5) is 4.39 Å². The summed E-state index contributed by atoms with van der Waals surface area (Å²) in [6, 6.07) is 9.42. The largest absolute Gasteiger partial charge is 0.456 e. The Morgan fingerprint density at radius 2 is 1.65 bits per heavy atom. The van der Waals surface area contributed by atoms with E-state index in [1.54, 1.807) is 26.8 Å². The average Bonchev–Trinajstić information content (AvgIpc) is 3.31. The molecule has 14 unspecified atom stereocenters. The molecule has 12 nitrogen and oxygen atoms in total. The SMILES string of the molecule is CCCOC1CC(C=C(C)C2OC(=O)C3CCCCN3C(=O)C(=O)C3(O)OC(C(OC)CC(C)C(F)/C(C)=C/C(CC)C(=O)CCC2C)C(OC)CC3C)CCC1NCc1ccccc1. The lowest BCUT2D eigenvalue weighted by Crippen LogP contribution is -2.64. The van der Waals surface area contributed by atoms with Gasteiger partial charge in [-0.3, -0.25) is 14.4 Å². The van der Waals surface area contributed by atoms with Crippen molar-refractivity contribution in [1.29, 1.82) is 0 Å². The number of Topliss-reactive ketones (excluding diaryl/α,β-unsaturated/α-hetero) is 2. The molecule has 1 saturated carbocycles. The number of methoxy groups -OCH3 is 2. The van der Waals surface area contributed by atoms with Crippen molar-refractivity contribution in [3.8, 4) is 0 Å². The number of halogens is 1. The minimum Gasteiger partial charge on any atom is -0.456 e. The van der Waals surface area contributed by atoms with E-state index in [2.05, 4.69) is 30.4 Å². The van der Waals surface area contributed by atoms with Crippen LogP contribution in [-0.2, 0) is 49.4 Å². The molecule has 13 heteroatoms. The van der Waals surface area contributed by atoms with Crippen molar-refractivity contribution in [2.45, 2.75) is 187 Å². The molecule has 2 bridgehead atoms. The molecular weight excluding hydrogens is 832 g/mol. The normalized spacial score (nSPS) is 37.4. The number of amides is 1. The minimum atomic E-state index is -2.56. The van der Waals surface area contributed by atoms with Crippen molar-refractivity contribution in [1.82, 2.24) is 10.2 Å². The van der Waals surface area contributed by atoms with Gasteiger partial charge in [0.2, 0.25) is 5.79 Å². The number of carbonyl (C=O) groups is 4. The summed E-state index contributed by atoms with van der Waals surface area (Å²) in [5.74, 6) is -7.57. The van der Waals surface area contributed by atoms with Gasteiger partial charge >= 0.3 is 5.97 Å². The first-order valence-electron chi connectivity index (χ1n) is 24.5. The van der Waals surface area contributed by atoms with E-state index in [4.69, 9.17) is 23.7 Å². The number of carbonyl (C=O) groups excluding carboxylic acids is 4. The van der Waals surface area contributed by atoms with Crippen LogP contribution in [0, 0.1) is 29.6 Å². The third-order valence-electron chi connectivity index (χ3n) is 14.7. The van der Waals surface area contributed by atoms with Crippen molar-refractivity contribution in [2.24, 2.45) is 29.6 Å². The van der Waals surface area contributed by atoms with Crippen LogP contribution in [0.15, 0.2) is 53.6 Å². The van der Waals surface area contributed by atoms with Crippen molar-refractivity contribution in [3.63, 3.8) is 0 Å². The molecule has 364 valence electrons. The average molecular weight is 911 g/mol. The number of nitrogens with one attached hydrogen (secondary N) is 1. The molecule has 3 aliphatic heterocycles. The number of fused-ring (bicyclic) bond motifs is 3. The Kier molecular flexibility index (Phi) is 19.9. The van der Waals surface area contributed by atoms with Crippen molar-refractivity contribution in [3.05, 3.63) is 59.2 Å². The molecule has 3 heterocycles. The number of rotatable bonds is 11. The van der Waals surface area contributed by atoms with Gasteiger partial charge in [0.1, 0.15) is 30.2 Å². The number of esters is 1. The second-order valence-electron chi connectivity index (χ2n) is 19.5. The second-order valence-corrected chi connectivity index (χ2v) is 19.5. The van der Waals surface area contributed by atoms with Crippen LogP contribution >= 0.6 is 0 Å². The number of nitrogens with zero attached hydrogens (tertiary/aromatic N) is 1. The molecule has 1 amide bonds. The lowest BCUT2D eigenvalue weighted by Gasteiger charge is -2.47. The lowest BCUT2D eigenvalue weighted by atomic mass is 9.81. The van der Waals surface area contributed by atoms with Crippen LogP contribution in [-0.4, -0.2) is 115 Å². The molecule has 1 aromatic rings. The summed E-state index contributed by atoms with van der Waals surface area (Å²) in [6.45, 7) is 14.5. The number of hydrogen-bond donors (Lipinski definition) is 2. The number of aliphatic hydroxyl groups is 1. The predicted molar refractivity (Wildman–Crippen MR) is 247 cm³/mol. The Bertz CT molecular complexity index is 1790. The van der Waals surface area contributed by atoms with Crippen LogP contribution in [0.25, 0.3) is 0 Å². The first kappa shape index (κ1) is 52.6. The maximum Gasteiger partial charge on any atom is 0.329 e. The van der Waals surface area contributed by atoms with Gasteiger partial charge in [-0.05, 0) is 119 Å². The summed E-state index contributed by atoms with van der Waals surface area (Å²) in [6.07, 6.45) is 5.57. The molecule has 1 aromatic carbocycles. The number of alkyl halides is 1. The Labute approximate surface area is 387 Å². The zero-order chi connectivity index (χ0) is 47.4. The van der Waals surface area contributed by atoms with E-state index in [-0.39, 0.29) is 62.0 Å². The Morgan fingerprint density at radius 3 is 2.32 bits per heavy atom. The van der Waals surface area contributed by atoms with Gasteiger partial charge in [-0.25, -0.2) is 9.18 Å². The first-order valence-corrected chi connectivity index (χ1v) is 24.5. The van der Waals surface area contributed by atoms with E-state index < -0.39 is 77.8 Å². The van der Waals surface area contributed by atoms with Crippen LogP contribution in [0.5, 0.6) is 0 Å². The third kappa shape index (κ3) is 13.2. The smallest absolute Gasteiger partial charge is 0.329 e. The van der Waals surface area contributed by atoms with Gasteiger partial charge in [-0.15, -0.1) is 0 Å². The molecule has 2 N–H and O–H groups in total. The number of benzene rings is 1. The number of ketones is 2. The van der Waals surface area contributed by atoms with Gasteiger partial charge in [0.25, 0.3) is 11.7 Å². The fourth-order valence-electron chi connectivity index (χ4n) is 10.6. The summed E-state index contributed by atoms with van der Waals surface area (Å²) in [4.78, 5) is 58.4. The maximum absolute atomic E-state index is 16.3. The standard InChI is InChI=1S/C52H79FN2O10/c1-10-25-63-43-30-38(21-22-40(43)54-31-37-17-13-12-14-18-37)26-35(6)47-32(3)20-23-42(56)39(11-2)27-33(4)46(53)34(5)28-44(61-8)48-45(62-9)29-36(7)52(60,65-48)49(57)50(58)55-24-16-15-19-41(55)51(59)64-47/h12-14,17-18,26-27,32,34,36,38-41,43-48,54,60H,10-11,15-16,19-25,28-31H2,1-9H3/b33-27+,35-26?. The summed E-state index contributed by atoms with van der Waals surface area (Å²) in [5.41, 5.74) is 2.49. The van der Waals surface area contributed by atoms with E-state index in [1.807, 2.05) is 39.0 Å². The summed E-state index contributed by atoms with van der Waals surface area (Å²) in [5, 5.41) is 15.9. The van der Waals surface area contributed by atoms with Crippen molar-refractivity contribution in [2.75, 3.05) is 27.4 Å². The number of cyclic esters (lactones) is 1.